The highest BCUT2D eigenvalue weighted by Crippen LogP contribution is 2.06. The second-order valence-corrected chi connectivity index (χ2v) is 4.74. The van der Waals surface area contributed by atoms with Gasteiger partial charge in [0.15, 0.2) is 0 Å². The summed E-state index contributed by atoms with van der Waals surface area (Å²) >= 11 is 1.89. The molecule has 0 radical (unpaired) electrons. The minimum Gasteiger partial charge on any atom is -0.326 e. The molecular formula is C12H20N2S. The van der Waals surface area contributed by atoms with E-state index in [-0.39, 0.29) is 0 Å². The minimum atomic E-state index is 0.628. The van der Waals surface area contributed by atoms with Gasteiger partial charge in [-0.05, 0) is 24.4 Å². The Hall–Kier alpha value is -0.510. The summed E-state index contributed by atoms with van der Waals surface area (Å²) in [6.45, 7) is 2.79. The van der Waals surface area contributed by atoms with Crippen LogP contribution >= 0.6 is 11.8 Å². The maximum Gasteiger partial charge on any atom is 0.0231 e. The Bertz CT molecular complexity index is 271. The second-order valence-electron chi connectivity index (χ2n) is 3.75. The summed E-state index contributed by atoms with van der Waals surface area (Å²) in [4.78, 5) is 2.34. The third-order valence-electron chi connectivity index (χ3n) is 2.39. The van der Waals surface area contributed by atoms with Crippen molar-refractivity contribution in [1.82, 2.24) is 4.90 Å². The van der Waals surface area contributed by atoms with Gasteiger partial charge in [-0.15, -0.1) is 0 Å². The van der Waals surface area contributed by atoms with Crippen LogP contribution in [-0.4, -0.2) is 30.5 Å². The third-order valence-corrected chi connectivity index (χ3v) is 2.98. The summed E-state index contributed by atoms with van der Waals surface area (Å²) in [7, 11) is 2.16. The highest BCUT2D eigenvalue weighted by Gasteiger charge is 1.99. The van der Waals surface area contributed by atoms with Crippen LogP contribution in [0.5, 0.6) is 0 Å². The molecule has 0 amide bonds. The van der Waals surface area contributed by atoms with Crippen molar-refractivity contribution in [1.29, 1.82) is 0 Å². The van der Waals surface area contributed by atoms with E-state index in [0.717, 1.165) is 13.1 Å². The average Bonchev–Trinajstić information content (AvgIpc) is 2.27. The molecule has 1 rings (SSSR count). The SMILES string of the molecule is CSCCN(C)Cc1ccc(CN)cc1. The zero-order chi connectivity index (χ0) is 11.1. The standard InChI is InChI=1S/C12H20N2S/c1-14(7-8-15-2)10-12-5-3-11(9-13)4-6-12/h3-6H,7-10,13H2,1-2H3. The molecule has 0 atom stereocenters. The number of nitrogens with zero attached hydrogens (tertiary/aromatic N) is 1. The third kappa shape index (κ3) is 4.69. The normalized spacial score (nSPS) is 10.9. The first-order chi connectivity index (χ1) is 7.26. The van der Waals surface area contributed by atoms with Gasteiger partial charge in [-0.2, -0.15) is 11.8 Å². The van der Waals surface area contributed by atoms with Gasteiger partial charge in [0, 0.05) is 25.4 Å². The largest absolute Gasteiger partial charge is 0.326 e. The van der Waals surface area contributed by atoms with E-state index in [4.69, 9.17) is 5.73 Å². The number of hydrogen-bond donors (Lipinski definition) is 1. The molecule has 84 valence electrons. The second kappa shape index (κ2) is 6.88. The van der Waals surface area contributed by atoms with Crippen LogP contribution in [0.25, 0.3) is 0 Å². The average molecular weight is 224 g/mol. The van der Waals surface area contributed by atoms with Crippen LogP contribution in [0.2, 0.25) is 0 Å². The number of nitrogens with two attached hydrogens (primary N) is 1. The van der Waals surface area contributed by atoms with E-state index < -0.39 is 0 Å². The quantitative estimate of drug-likeness (QED) is 0.801. The Kier molecular flexibility index (Phi) is 5.76. The van der Waals surface area contributed by atoms with Crippen molar-refractivity contribution in [2.45, 2.75) is 13.1 Å². The molecule has 3 heteroatoms. The predicted molar refractivity (Wildman–Crippen MR) is 69.0 cm³/mol. The fraction of sp³-hybridized carbons (Fsp3) is 0.500. The van der Waals surface area contributed by atoms with Gasteiger partial charge in [-0.25, -0.2) is 0 Å². The van der Waals surface area contributed by atoms with E-state index in [1.54, 1.807) is 0 Å². The van der Waals surface area contributed by atoms with E-state index in [0.29, 0.717) is 6.54 Å². The lowest BCUT2D eigenvalue weighted by molar-refractivity contribution is 0.349. The highest BCUT2D eigenvalue weighted by atomic mass is 32.2. The highest BCUT2D eigenvalue weighted by molar-refractivity contribution is 7.98. The fourth-order valence-electron chi connectivity index (χ4n) is 1.42. The van der Waals surface area contributed by atoms with Crippen molar-refractivity contribution in [3.05, 3.63) is 35.4 Å². The number of thioether (sulfide) groups is 1. The smallest absolute Gasteiger partial charge is 0.0231 e. The molecule has 0 spiro atoms. The van der Waals surface area contributed by atoms with Crippen molar-refractivity contribution in [2.75, 3.05) is 25.6 Å². The van der Waals surface area contributed by atoms with Crippen molar-refractivity contribution in [3.63, 3.8) is 0 Å². The van der Waals surface area contributed by atoms with Gasteiger partial charge in [0.1, 0.15) is 0 Å². The van der Waals surface area contributed by atoms with E-state index in [1.165, 1.54) is 16.9 Å². The first-order valence-electron chi connectivity index (χ1n) is 5.21. The van der Waals surface area contributed by atoms with E-state index in [1.807, 2.05) is 11.8 Å². The van der Waals surface area contributed by atoms with Crippen LogP contribution in [0, 0.1) is 0 Å². The Labute approximate surface area is 96.8 Å². The molecule has 0 saturated carbocycles. The summed E-state index contributed by atoms with van der Waals surface area (Å²) in [5.74, 6) is 1.19. The van der Waals surface area contributed by atoms with Crippen molar-refractivity contribution >= 4 is 11.8 Å². The molecule has 0 aromatic heterocycles. The Morgan fingerprint density at radius 1 is 1.20 bits per heavy atom. The lowest BCUT2D eigenvalue weighted by atomic mass is 10.1. The maximum absolute atomic E-state index is 5.55. The van der Waals surface area contributed by atoms with Gasteiger partial charge in [0.05, 0.1) is 0 Å². The van der Waals surface area contributed by atoms with E-state index in [2.05, 4.69) is 42.5 Å². The minimum absolute atomic E-state index is 0.628. The first-order valence-corrected chi connectivity index (χ1v) is 6.61. The molecule has 2 N–H and O–H groups in total. The molecule has 1 aromatic carbocycles. The fourth-order valence-corrected chi connectivity index (χ4v) is 1.91. The Morgan fingerprint density at radius 2 is 1.80 bits per heavy atom. The molecule has 0 fully saturated rings. The zero-order valence-corrected chi connectivity index (χ0v) is 10.4. The Morgan fingerprint density at radius 3 is 2.33 bits per heavy atom. The zero-order valence-electron chi connectivity index (χ0n) is 9.57. The van der Waals surface area contributed by atoms with Crippen LogP contribution in [0.15, 0.2) is 24.3 Å². The van der Waals surface area contributed by atoms with Crippen molar-refractivity contribution < 1.29 is 0 Å². The molecule has 0 aliphatic carbocycles. The first kappa shape index (κ1) is 12.6. The van der Waals surface area contributed by atoms with Gasteiger partial charge in [-0.3, -0.25) is 0 Å². The summed E-state index contributed by atoms with van der Waals surface area (Å²) in [6, 6.07) is 8.55. The Balaban J connectivity index is 2.42. The maximum atomic E-state index is 5.55. The summed E-state index contributed by atoms with van der Waals surface area (Å²) in [6.07, 6.45) is 2.14. The van der Waals surface area contributed by atoms with E-state index in [9.17, 15) is 0 Å². The van der Waals surface area contributed by atoms with Gasteiger partial charge >= 0.3 is 0 Å². The number of rotatable bonds is 6. The van der Waals surface area contributed by atoms with Crippen LogP contribution in [-0.2, 0) is 13.1 Å². The van der Waals surface area contributed by atoms with Gasteiger partial charge in [0.2, 0.25) is 0 Å². The molecule has 0 aliphatic rings. The van der Waals surface area contributed by atoms with Crippen molar-refractivity contribution in [2.24, 2.45) is 5.73 Å². The molecule has 0 saturated heterocycles. The van der Waals surface area contributed by atoms with Gasteiger partial charge in [0.25, 0.3) is 0 Å². The summed E-state index contributed by atoms with van der Waals surface area (Å²) in [5.41, 5.74) is 8.11. The van der Waals surface area contributed by atoms with Crippen LogP contribution < -0.4 is 5.73 Å². The molecule has 0 bridgehead atoms. The lowest BCUT2D eigenvalue weighted by Gasteiger charge is -2.15. The molecule has 2 nitrogen and oxygen atoms in total. The molecular weight excluding hydrogens is 204 g/mol. The number of benzene rings is 1. The molecule has 0 aliphatic heterocycles. The molecule has 15 heavy (non-hydrogen) atoms. The topological polar surface area (TPSA) is 29.3 Å². The summed E-state index contributed by atoms with van der Waals surface area (Å²) in [5, 5.41) is 0. The van der Waals surface area contributed by atoms with E-state index >= 15 is 0 Å². The monoisotopic (exact) mass is 224 g/mol. The predicted octanol–water partition coefficient (Wildman–Crippen LogP) is 1.94. The molecule has 0 heterocycles. The van der Waals surface area contributed by atoms with Crippen LogP contribution in [0.1, 0.15) is 11.1 Å². The number of hydrogen-bond acceptors (Lipinski definition) is 3. The van der Waals surface area contributed by atoms with Gasteiger partial charge in [-0.1, -0.05) is 24.3 Å². The van der Waals surface area contributed by atoms with Crippen molar-refractivity contribution in [3.8, 4) is 0 Å². The van der Waals surface area contributed by atoms with Gasteiger partial charge < -0.3 is 10.6 Å². The molecule has 0 unspecified atom stereocenters. The summed E-state index contributed by atoms with van der Waals surface area (Å²) < 4.78 is 0. The molecule has 1 aromatic rings. The lowest BCUT2D eigenvalue weighted by Crippen LogP contribution is -2.20. The van der Waals surface area contributed by atoms with Crippen LogP contribution in [0.4, 0.5) is 0 Å². The van der Waals surface area contributed by atoms with Crippen LogP contribution in [0.3, 0.4) is 0 Å².